The van der Waals surface area contributed by atoms with Crippen LogP contribution < -0.4 is 5.82 Å². The Morgan fingerprint density at radius 1 is 1.06 bits per heavy atom. The average Bonchev–Trinajstić information content (AvgIpc) is 2.63. The molecule has 0 radical (unpaired) electrons. The largest absolute Gasteiger partial charge is 0.518 e. The smallest absolute Gasteiger partial charge is 0.399 e. The van der Waals surface area contributed by atoms with Crippen LogP contribution in [0.1, 0.15) is 44.3 Å². The first-order valence-electron chi connectivity index (χ1n) is 6.33. The Morgan fingerprint density at radius 2 is 1.62 bits per heavy atom. The minimum absolute atomic E-state index is 0.154. The second-order valence-corrected chi connectivity index (χ2v) is 6.15. The van der Waals surface area contributed by atoms with Gasteiger partial charge in [0, 0.05) is 5.41 Å². The Hall–Kier alpha value is -0.990. The highest BCUT2D eigenvalue weighted by Crippen LogP contribution is 2.60. The molecule has 3 heteroatoms. The van der Waals surface area contributed by atoms with Gasteiger partial charge >= 0.3 is 5.82 Å². The number of hydrogen-bond donors (Lipinski definition) is 0. The fourth-order valence-corrected chi connectivity index (χ4v) is 4.89. The van der Waals surface area contributed by atoms with Crippen LogP contribution in [0.25, 0.3) is 0 Å². The van der Waals surface area contributed by atoms with Gasteiger partial charge < -0.3 is 8.83 Å². The van der Waals surface area contributed by atoms with Crippen LogP contribution in [0, 0.1) is 17.8 Å². The minimum atomic E-state index is -0.536. The van der Waals surface area contributed by atoms with Gasteiger partial charge in [0.25, 0.3) is 0 Å². The van der Waals surface area contributed by atoms with E-state index in [0.29, 0.717) is 0 Å². The summed E-state index contributed by atoms with van der Waals surface area (Å²) in [4.78, 5) is 11.1. The first kappa shape index (κ1) is 9.08. The van der Waals surface area contributed by atoms with Gasteiger partial charge in [0.1, 0.15) is 6.26 Å². The third kappa shape index (κ3) is 1.12. The lowest BCUT2D eigenvalue weighted by molar-refractivity contribution is -0.0156. The van der Waals surface area contributed by atoms with E-state index in [4.69, 9.17) is 8.83 Å². The molecule has 0 unspecified atom stereocenters. The van der Waals surface area contributed by atoms with Crippen molar-refractivity contribution in [3.05, 3.63) is 22.6 Å². The first-order chi connectivity index (χ1) is 7.73. The highest BCUT2D eigenvalue weighted by molar-refractivity contribution is 5.17. The Morgan fingerprint density at radius 3 is 2.06 bits per heavy atom. The summed E-state index contributed by atoms with van der Waals surface area (Å²) in [5, 5.41) is 0. The lowest BCUT2D eigenvalue weighted by Gasteiger charge is -2.55. The van der Waals surface area contributed by atoms with Gasteiger partial charge in [-0.2, -0.15) is 0 Å². The zero-order valence-corrected chi connectivity index (χ0v) is 9.28. The molecular formula is C13H16O3. The fourth-order valence-electron chi connectivity index (χ4n) is 4.89. The summed E-state index contributed by atoms with van der Waals surface area (Å²) >= 11 is 0. The minimum Gasteiger partial charge on any atom is -0.399 e. The number of rotatable bonds is 1. The molecule has 0 aliphatic heterocycles. The molecule has 4 bridgehead atoms. The van der Waals surface area contributed by atoms with Crippen molar-refractivity contribution in [1.82, 2.24) is 0 Å². The predicted octanol–water partition coefficient (Wildman–Crippen LogP) is 2.70. The van der Waals surface area contributed by atoms with Crippen LogP contribution in [0.3, 0.4) is 0 Å². The molecule has 4 aliphatic rings. The maximum Gasteiger partial charge on any atom is 0.518 e. The standard InChI is InChI=1S/C13H16O3/c14-12-15-7-11(16-12)13-4-8-1-9(5-13)3-10(2-8)6-13/h7-10H,1-6H2. The lowest BCUT2D eigenvalue weighted by Crippen LogP contribution is -2.48. The highest BCUT2D eigenvalue weighted by atomic mass is 16.6. The van der Waals surface area contributed by atoms with Crippen LogP contribution in [0.2, 0.25) is 0 Å². The van der Waals surface area contributed by atoms with E-state index in [1.54, 1.807) is 6.26 Å². The second-order valence-electron chi connectivity index (χ2n) is 6.15. The maximum absolute atomic E-state index is 11.1. The molecule has 4 fully saturated rings. The Bertz CT molecular complexity index is 432. The van der Waals surface area contributed by atoms with Crippen LogP contribution in [0.15, 0.2) is 19.9 Å². The van der Waals surface area contributed by atoms with Crippen molar-refractivity contribution in [2.24, 2.45) is 17.8 Å². The van der Waals surface area contributed by atoms with E-state index >= 15 is 0 Å². The van der Waals surface area contributed by atoms with Crippen LogP contribution in [0.4, 0.5) is 0 Å². The molecule has 0 N–H and O–H groups in total. The molecule has 4 saturated carbocycles. The van der Waals surface area contributed by atoms with Crippen LogP contribution in [0.5, 0.6) is 0 Å². The average molecular weight is 220 g/mol. The molecule has 1 heterocycles. The van der Waals surface area contributed by atoms with Crippen LogP contribution in [-0.4, -0.2) is 0 Å². The SMILES string of the molecule is O=c1occ(C23CC4CC(CC(C4)C2)C3)o1. The zero-order valence-electron chi connectivity index (χ0n) is 9.28. The molecule has 1 aromatic heterocycles. The van der Waals surface area contributed by atoms with Crippen molar-refractivity contribution >= 4 is 0 Å². The molecule has 16 heavy (non-hydrogen) atoms. The normalized spacial score (nSPS) is 45.1. The molecule has 3 nitrogen and oxygen atoms in total. The van der Waals surface area contributed by atoms with Gasteiger partial charge in [-0.05, 0) is 56.3 Å². The van der Waals surface area contributed by atoms with Gasteiger partial charge in [0.15, 0.2) is 5.76 Å². The summed E-state index contributed by atoms with van der Waals surface area (Å²) in [6.45, 7) is 0. The summed E-state index contributed by atoms with van der Waals surface area (Å²) in [6, 6.07) is 0. The van der Waals surface area contributed by atoms with Gasteiger partial charge in [0.2, 0.25) is 0 Å². The number of hydrogen-bond acceptors (Lipinski definition) is 3. The Kier molecular flexibility index (Phi) is 1.60. The van der Waals surface area contributed by atoms with E-state index in [2.05, 4.69) is 0 Å². The van der Waals surface area contributed by atoms with E-state index < -0.39 is 5.82 Å². The van der Waals surface area contributed by atoms with E-state index in [0.717, 1.165) is 23.5 Å². The van der Waals surface area contributed by atoms with Crippen molar-refractivity contribution in [3.8, 4) is 0 Å². The maximum atomic E-state index is 11.1. The summed E-state index contributed by atoms with van der Waals surface area (Å²) in [5.74, 6) is 2.90. The molecular weight excluding hydrogens is 204 g/mol. The van der Waals surface area contributed by atoms with Crippen LogP contribution in [-0.2, 0) is 5.41 Å². The van der Waals surface area contributed by atoms with Crippen molar-refractivity contribution in [1.29, 1.82) is 0 Å². The highest BCUT2D eigenvalue weighted by Gasteiger charge is 2.53. The molecule has 4 aliphatic carbocycles. The van der Waals surface area contributed by atoms with Gasteiger partial charge in [-0.1, -0.05) is 0 Å². The summed E-state index contributed by atoms with van der Waals surface area (Å²) in [6.07, 6.45) is 9.41. The van der Waals surface area contributed by atoms with E-state index in [1.165, 1.54) is 38.5 Å². The molecule has 0 spiro atoms. The van der Waals surface area contributed by atoms with E-state index in [1.807, 2.05) is 0 Å². The van der Waals surface area contributed by atoms with Crippen LogP contribution >= 0.6 is 0 Å². The third-order valence-corrected chi connectivity index (χ3v) is 5.02. The van der Waals surface area contributed by atoms with Gasteiger partial charge in [-0.3, -0.25) is 0 Å². The predicted molar refractivity (Wildman–Crippen MR) is 57.1 cm³/mol. The van der Waals surface area contributed by atoms with Crippen molar-refractivity contribution in [2.45, 2.75) is 43.9 Å². The fraction of sp³-hybridized carbons (Fsp3) is 0.769. The molecule has 5 rings (SSSR count). The molecule has 86 valence electrons. The molecule has 0 aromatic carbocycles. The summed E-state index contributed by atoms with van der Waals surface area (Å²) in [5.41, 5.74) is 0.154. The van der Waals surface area contributed by atoms with Gasteiger partial charge in [0.05, 0.1) is 0 Å². The molecule has 0 atom stereocenters. The topological polar surface area (TPSA) is 43.4 Å². The van der Waals surface area contributed by atoms with E-state index in [9.17, 15) is 4.79 Å². The Labute approximate surface area is 93.8 Å². The van der Waals surface area contributed by atoms with E-state index in [-0.39, 0.29) is 5.41 Å². The lowest BCUT2D eigenvalue weighted by atomic mass is 9.49. The zero-order chi connectivity index (χ0) is 10.8. The summed E-state index contributed by atoms with van der Waals surface area (Å²) in [7, 11) is 0. The quantitative estimate of drug-likeness (QED) is 0.730. The van der Waals surface area contributed by atoms with Crippen molar-refractivity contribution in [3.63, 3.8) is 0 Å². The third-order valence-electron chi connectivity index (χ3n) is 5.02. The van der Waals surface area contributed by atoms with Gasteiger partial charge in [-0.25, -0.2) is 4.79 Å². The molecule has 0 saturated heterocycles. The van der Waals surface area contributed by atoms with Crippen molar-refractivity contribution < 1.29 is 8.83 Å². The molecule has 0 amide bonds. The summed E-state index contributed by atoms with van der Waals surface area (Å²) < 4.78 is 10.1. The first-order valence-corrected chi connectivity index (χ1v) is 6.33. The molecule has 1 aromatic rings. The Balaban J connectivity index is 1.79. The van der Waals surface area contributed by atoms with Crippen molar-refractivity contribution in [2.75, 3.05) is 0 Å². The van der Waals surface area contributed by atoms with Gasteiger partial charge in [-0.15, -0.1) is 0 Å². The second kappa shape index (κ2) is 2.82. The monoisotopic (exact) mass is 220 g/mol.